The third-order valence-electron chi connectivity index (χ3n) is 4.62. The molecule has 3 aromatic carbocycles. The zero-order chi connectivity index (χ0) is 20.1. The lowest BCUT2D eigenvalue weighted by Crippen LogP contribution is -1.99. The van der Waals surface area contributed by atoms with Gasteiger partial charge in [-0.1, -0.05) is 54.6 Å². The highest BCUT2D eigenvalue weighted by molar-refractivity contribution is 7.14. The minimum atomic E-state index is 0.764. The second kappa shape index (κ2) is 8.71. The van der Waals surface area contributed by atoms with E-state index in [9.17, 15) is 0 Å². The lowest BCUT2D eigenvalue weighted by molar-refractivity contribution is 0.415. The van der Waals surface area contributed by atoms with Crippen molar-refractivity contribution >= 4 is 22.2 Å². The number of nitrogens with one attached hydrogen (secondary N) is 1. The largest absolute Gasteiger partial charge is 0.497 e. The molecule has 4 nitrogen and oxygen atoms in total. The molecular formula is C24H21N3OS. The van der Waals surface area contributed by atoms with E-state index in [2.05, 4.69) is 64.0 Å². The Morgan fingerprint density at radius 3 is 2.21 bits per heavy atom. The van der Waals surface area contributed by atoms with Crippen LogP contribution < -0.4 is 10.2 Å². The molecule has 4 aromatic rings. The third kappa shape index (κ3) is 4.52. The van der Waals surface area contributed by atoms with E-state index in [1.54, 1.807) is 7.11 Å². The van der Waals surface area contributed by atoms with E-state index in [0.717, 1.165) is 33.4 Å². The summed E-state index contributed by atoms with van der Waals surface area (Å²) in [5.74, 6) is 0.831. The topological polar surface area (TPSA) is 46.5 Å². The predicted octanol–water partition coefficient (Wildman–Crippen LogP) is 6.32. The van der Waals surface area contributed by atoms with Crippen LogP contribution >= 0.6 is 11.3 Å². The fourth-order valence-corrected chi connectivity index (χ4v) is 3.61. The summed E-state index contributed by atoms with van der Waals surface area (Å²) in [5.41, 5.74) is 9.42. The summed E-state index contributed by atoms with van der Waals surface area (Å²) in [5, 5.41) is 7.26. The van der Waals surface area contributed by atoms with Crippen molar-refractivity contribution in [3.63, 3.8) is 0 Å². The Morgan fingerprint density at radius 1 is 0.862 bits per heavy atom. The Kier molecular flexibility index (Phi) is 5.68. The van der Waals surface area contributed by atoms with E-state index in [0.29, 0.717) is 0 Å². The summed E-state index contributed by atoms with van der Waals surface area (Å²) in [6, 6.07) is 26.6. The highest BCUT2D eigenvalue weighted by Gasteiger charge is 2.06. The number of rotatable bonds is 6. The Labute approximate surface area is 174 Å². The number of nitrogens with zero attached hydrogens (tertiary/aromatic N) is 2. The maximum absolute atomic E-state index is 5.19. The van der Waals surface area contributed by atoms with Crippen molar-refractivity contribution in [3.05, 3.63) is 89.8 Å². The first-order valence-electron chi connectivity index (χ1n) is 9.29. The number of hydrazone groups is 1. The number of ether oxygens (including phenoxy) is 1. The Hall–Kier alpha value is -3.44. The van der Waals surface area contributed by atoms with Crippen LogP contribution in [0.4, 0.5) is 5.13 Å². The van der Waals surface area contributed by atoms with Gasteiger partial charge in [0, 0.05) is 10.9 Å². The second-order valence-electron chi connectivity index (χ2n) is 6.52. The van der Waals surface area contributed by atoms with Gasteiger partial charge in [0.15, 0.2) is 0 Å². The molecule has 0 aliphatic rings. The summed E-state index contributed by atoms with van der Waals surface area (Å²) >= 11 is 1.54. The maximum atomic E-state index is 5.19. The van der Waals surface area contributed by atoms with Gasteiger partial charge in [-0.25, -0.2) is 4.98 Å². The number of methoxy groups -OCH3 is 1. The molecule has 1 N–H and O–H groups in total. The van der Waals surface area contributed by atoms with Crippen LogP contribution in [-0.2, 0) is 0 Å². The first-order chi connectivity index (χ1) is 14.2. The average molecular weight is 400 g/mol. The molecule has 1 heterocycles. The standard InChI is InChI=1S/C24H21N3OS/c1-17(18-12-14-22(28-2)15-13-18)26-27-24-25-23(16-29-24)21-10-8-20(9-11-21)19-6-4-3-5-7-19/h3-16H,1-2H3,(H,25,27)/b26-17+. The number of thiazole rings is 1. The van der Waals surface area contributed by atoms with Gasteiger partial charge >= 0.3 is 0 Å². The molecular weight excluding hydrogens is 378 g/mol. The van der Waals surface area contributed by atoms with Gasteiger partial charge in [-0.05, 0) is 47.9 Å². The number of anilines is 1. The molecule has 0 spiro atoms. The molecule has 0 fully saturated rings. The lowest BCUT2D eigenvalue weighted by atomic mass is 10.0. The quantitative estimate of drug-likeness (QED) is 0.305. The van der Waals surface area contributed by atoms with E-state index < -0.39 is 0 Å². The molecule has 0 unspecified atom stereocenters. The van der Waals surface area contributed by atoms with Crippen LogP contribution in [0.3, 0.4) is 0 Å². The van der Waals surface area contributed by atoms with Crippen molar-refractivity contribution in [2.75, 3.05) is 12.5 Å². The molecule has 29 heavy (non-hydrogen) atoms. The van der Waals surface area contributed by atoms with Crippen LogP contribution in [0.25, 0.3) is 22.4 Å². The minimum Gasteiger partial charge on any atom is -0.497 e. The van der Waals surface area contributed by atoms with E-state index in [-0.39, 0.29) is 0 Å². The molecule has 0 atom stereocenters. The zero-order valence-electron chi connectivity index (χ0n) is 16.3. The van der Waals surface area contributed by atoms with Gasteiger partial charge in [-0.2, -0.15) is 5.10 Å². The van der Waals surface area contributed by atoms with Crippen LogP contribution in [0, 0.1) is 0 Å². The SMILES string of the molecule is COc1ccc(/C(C)=N/Nc2nc(-c3ccc(-c4ccccc4)cc3)cs2)cc1. The van der Waals surface area contributed by atoms with Gasteiger partial charge in [-0.3, -0.25) is 5.43 Å². The van der Waals surface area contributed by atoms with Crippen LogP contribution in [-0.4, -0.2) is 17.8 Å². The molecule has 0 aliphatic carbocycles. The van der Waals surface area contributed by atoms with Gasteiger partial charge in [0.25, 0.3) is 0 Å². The van der Waals surface area contributed by atoms with Crippen molar-refractivity contribution in [2.24, 2.45) is 5.10 Å². The first kappa shape index (κ1) is 18.9. The molecule has 0 aliphatic heterocycles. The van der Waals surface area contributed by atoms with Crippen LogP contribution in [0.15, 0.2) is 89.3 Å². The maximum Gasteiger partial charge on any atom is 0.203 e. The molecule has 1 aromatic heterocycles. The summed E-state index contributed by atoms with van der Waals surface area (Å²) in [6.45, 7) is 1.96. The highest BCUT2D eigenvalue weighted by atomic mass is 32.1. The van der Waals surface area contributed by atoms with Gasteiger partial charge in [0.2, 0.25) is 5.13 Å². The number of hydrogen-bond acceptors (Lipinski definition) is 5. The van der Waals surface area contributed by atoms with Gasteiger partial charge in [0.05, 0.1) is 18.5 Å². The Balaban J connectivity index is 1.45. The molecule has 0 bridgehead atoms. The van der Waals surface area contributed by atoms with Crippen molar-refractivity contribution < 1.29 is 4.74 Å². The molecule has 5 heteroatoms. The van der Waals surface area contributed by atoms with E-state index in [1.807, 2.05) is 42.6 Å². The third-order valence-corrected chi connectivity index (χ3v) is 5.37. The summed E-state index contributed by atoms with van der Waals surface area (Å²) < 4.78 is 5.19. The lowest BCUT2D eigenvalue weighted by Gasteiger charge is -2.04. The molecule has 0 saturated carbocycles. The fourth-order valence-electron chi connectivity index (χ4n) is 2.95. The molecule has 4 rings (SSSR count). The first-order valence-corrected chi connectivity index (χ1v) is 10.2. The highest BCUT2D eigenvalue weighted by Crippen LogP contribution is 2.27. The molecule has 0 amide bonds. The summed E-state index contributed by atoms with van der Waals surface area (Å²) in [4.78, 5) is 4.66. The van der Waals surface area contributed by atoms with Gasteiger partial charge < -0.3 is 4.74 Å². The number of benzene rings is 3. The van der Waals surface area contributed by atoms with Crippen molar-refractivity contribution in [2.45, 2.75) is 6.92 Å². The zero-order valence-corrected chi connectivity index (χ0v) is 17.1. The molecule has 144 valence electrons. The molecule has 0 saturated heterocycles. The second-order valence-corrected chi connectivity index (χ2v) is 7.38. The van der Waals surface area contributed by atoms with E-state index in [1.165, 1.54) is 22.5 Å². The average Bonchev–Trinajstić information content (AvgIpc) is 3.27. The number of aromatic nitrogens is 1. The normalized spacial score (nSPS) is 11.3. The van der Waals surface area contributed by atoms with Crippen LogP contribution in [0.5, 0.6) is 5.75 Å². The Bertz CT molecular complexity index is 1100. The minimum absolute atomic E-state index is 0.764. The van der Waals surface area contributed by atoms with Gasteiger partial charge in [-0.15, -0.1) is 11.3 Å². The number of hydrogen-bond donors (Lipinski definition) is 1. The van der Waals surface area contributed by atoms with Gasteiger partial charge in [0.1, 0.15) is 5.75 Å². The predicted molar refractivity (Wildman–Crippen MR) is 122 cm³/mol. The van der Waals surface area contributed by atoms with Crippen LogP contribution in [0.2, 0.25) is 0 Å². The monoisotopic (exact) mass is 399 g/mol. The van der Waals surface area contributed by atoms with E-state index in [4.69, 9.17) is 4.74 Å². The summed E-state index contributed by atoms with van der Waals surface area (Å²) in [7, 11) is 1.66. The van der Waals surface area contributed by atoms with Crippen LogP contribution in [0.1, 0.15) is 12.5 Å². The van der Waals surface area contributed by atoms with Crippen molar-refractivity contribution in [3.8, 4) is 28.1 Å². The van der Waals surface area contributed by atoms with Crippen molar-refractivity contribution in [1.29, 1.82) is 0 Å². The summed E-state index contributed by atoms with van der Waals surface area (Å²) in [6.07, 6.45) is 0. The molecule has 0 radical (unpaired) electrons. The van der Waals surface area contributed by atoms with Crippen molar-refractivity contribution in [1.82, 2.24) is 4.98 Å². The smallest absolute Gasteiger partial charge is 0.203 e. The fraction of sp³-hybridized carbons (Fsp3) is 0.0833. The Morgan fingerprint density at radius 2 is 1.52 bits per heavy atom. The van der Waals surface area contributed by atoms with E-state index >= 15 is 0 Å².